The fourth-order valence-corrected chi connectivity index (χ4v) is 4.18. The minimum atomic E-state index is -3.73. The third-order valence-electron chi connectivity index (χ3n) is 4.71. The predicted molar refractivity (Wildman–Crippen MR) is 121 cm³/mol. The van der Waals surface area contributed by atoms with E-state index in [-0.39, 0.29) is 17.9 Å². The van der Waals surface area contributed by atoms with Crippen molar-refractivity contribution in [2.45, 2.75) is 31.2 Å². The molecule has 0 aliphatic rings. The van der Waals surface area contributed by atoms with Gasteiger partial charge in [-0.2, -0.15) is 5.26 Å². The van der Waals surface area contributed by atoms with Gasteiger partial charge in [0.2, 0.25) is 16.0 Å². The number of aromatic nitrogens is 2. The summed E-state index contributed by atoms with van der Waals surface area (Å²) in [5.74, 6) is 0.0234. The van der Waals surface area contributed by atoms with Crippen molar-refractivity contribution in [1.29, 1.82) is 5.26 Å². The van der Waals surface area contributed by atoms with Crippen LogP contribution in [0.4, 0.5) is 5.95 Å². The van der Waals surface area contributed by atoms with Gasteiger partial charge in [-0.15, -0.1) is 0 Å². The van der Waals surface area contributed by atoms with Gasteiger partial charge in [0.05, 0.1) is 22.0 Å². The Morgan fingerprint density at radius 3 is 2.66 bits per heavy atom. The molecule has 0 unspecified atom stereocenters. The largest absolute Gasteiger partial charge is 0.382 e. The van der Waals surface area contributed by atoms with Crippen LogP contribution in [0.5, 0.6) is 0 Å². The number of nitriles is 1. The number of sulfonamides is 1. The highest BCUT2D eigenvalue weighted by atomic mass is 32.2. The average Bonchev–Trinajstić information content (AvgIpc) is 3.14. The third kappa shape index (κ3) is 5.70. The second-order valence-electron chi connectivity index (χ2n) is 6.91. The highest BCUT2D eigenvalue weighted by Crippen LogP contribution is 2.21. The van der Waals surface area contributed by atoms with Gasteiger partial charge < -0.3 is 9.30 Å². The Labute approximate surface area is 187 Å². The van der Waals surface area contributed by atoms with E-state index in [1.54, 1.807) is 0 Å². The maximum Gasteiger partial charge on any atom is 0.257 e. The first-order valence-electron chi connectivity index (χ1n) is 10.3. The predicted octanol–water partition coefficient (Wildman–Crippen LogP) is 2.91. The molecule has 0 aliphatic heterocycles. The number of anilines is 1. The first-order valence-corrected chi connectivity index (χ1v) is 11.8. The fraction of sp³-hybridized carbons (Fsp3) is 0.318. The molecule has 2 N–H and O–H groups in total. The number of ether oxygens (including phenoxy) is 1. The summed E-state index contributed by atoms with van der Waals surface area (Å²) < 4.78 is 34.1. The van der Waals surface area contributed by atoms with Crippen molar-refractivity contribution in [1.82, 2.24) is 14.3 Å². The molecule has 3 rings (SSSR count). The van der Waals surface area contributed by atoms with E-state index in [0.717, 1.165) is 17.5 Å². The smallest absolute Gasteiger partial charge is 0.257 e. The molecule has 0 saturated heterocycles. The van der Waals surface area contributed by atoms with Gasteiger partial charge in [-0.05, 0) is 49.7 Å². The van der Waals surface area contributed by atoms with Crippen LogP contribution in [0.2, 0.25) is 0 Å². The lowest BCUT2D eigenvalue weighted by atomic mass is 10.2. The van der Waals surface area contributed by atoms with E-state index in [2.05, 4.69) is 15.0 Å². The van der Waals surface area contributed by atoms with E-state index in [4.69, 9.17) is 10.00 Å². The van der Waals surface area contributed by atoms with Crippen molar-refractivity contribution >= 4 is 32.9 Å². The summed E-state index contributed by atoms with van der Waals surface area (Å²) in [6, 6.07) is 15.1. The number of fused-ring (bicyclic) bond motifs is 1. The summed E-state index contributed by atoms with van der Waals surface area (Å²) in [5, 5.41) is 11.4. The van der Waals surface area contributed by atoms with Crippen LogP contribution in [0, 0.1) is 11.3 Å². The van der Waals surface area contributed by atoms with Gasteiger partial charge in [-0.3, -0.25) is 10.1 Å². The van der Waals surface area contributed by atoms with Gasteiger partial charge in [0, 0.05) is 38.3 Å². The second kappa shape index (κ2) is 10.9. The van der Waals surface area contributed by atoms with E-state index >= 15 is 0 Å². The molecule has 2 aromatic carbocycles. The van der Waals surface area contributed by atoms with Crippen molar-refractivity contribution in [3.05, 3.63) is 54.1 Å². The third-order valence-corrected chi connectivity index (χ3v) is 6.19. The molecule has 0 radical (unpaired) electrons. The van der Waals surface area contributed by atoms with E-state index in [0.29, 0.717) is 31.3 Å². The highest BCUT2D eigenvalue weighted by Gasteiger charge is 2.17. The molecule has 1 aromatic heterocycles. The molecule has 3 aromatic rings. The number of nitrogens with one attached hydrogen (secondary N) is 2. The first-order chi connectivity index (χ1) is 15.5. The molecule has 0 aliphatic carbocycles. The average molecular weight is 456 g/mol. The van der Waals surface area contributed by atoms with E-state index in [1.165, 1.54) is 24.3 Å². The van der Waals surface area contributed by atoms with Crippen LogP contribution in [0.1, 0.15) is 30.1 Å². The highest BCUT2D eigenvalue weighted by molar-refractivity contribution is 7.89. The molecule has 0 atom stereocenters. The Morgan fingerprint density at radius 1 is 1.19 bits per heavy atom. The van der Waals surface area contributed by atoms with Crippen molar-refractivity contribution in [2.24, 2.45) is 0 Å². The number of nitrogens with zero attached hydrogens (tertiary/aromatic N) is 3. The van der Waals surface area contributed by atoms with Crippen molar-refractivity contribution < 1.29 is 17.9 Å². The van der Waals surface area contributed by atoms with Gasteiger partial charge in [-0.1, -0.05) is 12.1 Å². The Bertz CT molecular complexity index is 1210. The minimum Gasteiger partial charge on any atom is -0.382 e. The fourth-order valence-electron chi connectivity index (χ4n) is 3.15. The second-order valence-corrected chi connectivity index (χ2v) is 8.68. The van der Waals surface area contributed by atoms with Crippen molar-refractivity contribution in [2.75, 3.05) is 25.1 Å². The molecule has 0 fully saturated rings. The van der Waals surface area contributed by atoms with Gasteiger partial charge in [0.1, 0.15) is 0 Å². The monoisotopic (exact) mass is 455 g/mol. The number of carbonyl (C=O) groups excluding carboxylic acids is 1. The maximum absolute atomic E-state index is 12.8. The molecule has 1 amide bonds. The van der Waals surface area contributed by atoms with Crippen molar-refractivity contribution in [3.63, 3.8) is 0 Å². The summed E-state index contributed by atoms with van der Waals surface area (Å²) >= 11 is 0. The molecule has 1 heterocycles. The van der Waals surface area contributed by atoms with Crippen molar-refractivity contribution in [3.8, 4) is 6.07 Å². The molecular formula is C22H25N5O4S. The molecular weight excluding hydrogens is 430 g/mol. The number of hydrogen-bond donors (Lipinski definition) is 2. The number of aryl methyl sites for hydroxylation is 1. The molecule has 0 bridgehead atoms. The first kappa shape index (κ1) is 23.4. The lowest BCUT2D eigenvalue weighted by Gasteiger charge is -2.11. The lowest BCUT2D eigenvalue weighted by Crippen LogP contribution is -2.24. The van der Waals surface area contributed by atoms with E-state index in [9.17, 15) is 13.2 Å². The molecule has 32 heavy (non-hydrogen) atoms. The molecule has 168 valence electrons. The topological polar surface area (TPSA) is 126 Å². The zero-order chi connectivity index (χ0) is 23.0. The zero-order valence-electron chi connectivity index (χ0n) is 17.7. The van der Waals surface area contributed by atoms with Gasteiger partial charge >= 0.3 is 0 Å². The summed E-state index contributed by atoms with van der Waals surface area (Å²) in [7, 11) is -3.73. The summed E-state index contributed by atoms with van der Waals surface area (Å²) in [6.45, 7) is 3.85. The number of rotatable bonds is 11. The van der Waals surface area contributed by atoms with Crippen LogP contribution < -0.4 is 10.0 Å². The standard InChI is InChI=1S/C22H25N5O4S/c1-2-31-16-6-15-27-20-8-4-3-7-19(20)25-22(27)26-21(28)17-9-11-18(12-10-17)32(29,30)24-14-5-13-23/h3-4,7-12,24H,2,5-6,14-16H2,1H3,(H,25,26,28). The zero-order valence-corrected chi connectivity index (χ0v) is 18.6. The Kier molecular flexibility index (Phi) is 7.94. The van der Waals surface area contributed by atoms with E-state index in [1.807, 2.05) is 41.8 Å². The van der Waals surface area contributed by atoms with Gasteiger partial charge in [-0.25, -0.2) is 18.1 Å². The normalized spacial score (nSPS) is 11.4. The number of hydrogen-bond acceptors (Lipinski definition) is 6. The number of para-hydroxylation sites is 2. The summed E-state index contributed by atoms with van der Waals surface area (Å²) in [4.78, 5) is 17.4. The van der Waals surface area contributed by atoms with Crippen LogP contribution in [0.15, 0.2) is 53.4 Å². The number of benzene rings is 2. The Morgan fingerprint density at radius 2 is 1.94 bits per heavy atom. The van der Waals surface area contributed by atoms with Crippen LogP contribution in [-0.2, 0) is 21.3 Å². The van der Waals surface area contributed by atoms with Crippen LogP contribution >= 0.6 is 0 Å². The van der Waals surface area contributed by atoms with Gasteiger partial charge in [0.15, 0.2) is 0 Å². The number of carbonyl (C=O) groups is 1. The molecule has 0 saturated carbocycles. The van der Waals surface area contributed by atoms with Crippen LogP contribution in [0.25, 0.3) is 11.0 Å². The molecule has 0 spiro atoms. The maximum atomic E-state index is 12.8. The van der Waals surface area contributed by atoms with Crippen LogP contribution in [-0.4, -0.2) is 43.6 Å². The van der Waals surface area contributed by atoms with E-state index < -0.39 is 15.9 Å². The quantitative estimate of drug-likeness (QED) is 0.428. The Hall–Kier alpha value is -3.26. The molecule has 10 heteroatoms. The van der Waals surface area contributed by atoms with Gasteiger partial charge in [0.25, 0.3) is 5.91 Å². The molecule has 9 nitrogen and oxygen atoms in total. The summed E-state index contributed by atoms with van der Waals surface area (Å²) in [6.07, 6.45) is 0.841. The lowest BCUT2D eigenvalue weighted by molar-refractivity contribution is 0.102. The summed E-state index contributed by atoms with van der Waals surface area (Å²) in [5.41, 5.74) is 1.97. The minimum absolute atomic E-state index is 0.0233. The number of amides is 1. The SMILES string of the molecule is CCOCCCn1c(NC(=O)c2ccc(S(=O)(=O)NCCC#N)cc2)nc2ccccc21. The number of imidazole rings is 1. The van der Waals surface area contributed by atoms with Crippen LogP contribution in [0.3, 0.4) is 0 Å². The Balaban J connectivity index is 1.76.